The van der Waals surface area contributed by atoms with Crippen LogP contribution in [0.4, 0.5) is 5.69 Å². The number of halogens is 1. The van der Waals surface area contributed by atoms with Gasteiger partial charge < -0.3 is 5.32 Å². The molecule has 2 aromatic carbocycles. The van der Waals surface area contributed by atoms with Gasteiger partial charge in [0.05, 0.1) is 5.69 Å². The van der Waals surface area contributed by atoms with Gasteiger partial charge in [-0.1, -0.05) is 28.1 Å². The number of amides is 1. The molecule has 3 rings (SSSR count). The number of tetrazole rings is 1. The van der Waals surface area contributed by atoms with Crippen LogP contribution >= 0.6 is 27.7 Å². The Hall–Kier alpha value is -2.19. The van der Waals surface area contributed by atoms with E-state index in [2.05, 4.69) is 36.7 Å². The van der Waals surface area contributed by atoms with Crippen LogP contribution < -0.4 is 5.32 Å². The molecular formula is C17H16BrN5OS. The maximum absolute atomic E-state index is 12.5. The van der Waals surface area contributed by atoms with Crippen molar-refractivity contribution >= 4 is 39.3 Å². The molecule has 128 valence electrons. The number of carbonyl (C=O) groups is 1. The van der Waals surface area contributed by atoms with Crippen molar-refractivity contribution in [1.82, 2.24) is 20.2 Å². The highest BCUT2D eigenvalue weighted by atomic mass is 79.9. The Morgan fingerprint density at radius 1 is 1.20 bits per heavy atom. The maximum atomic E-state index is 12.5. The van der Waals surface area contributed by atoms with E-state index < -0.39 is 6.04 Å². The van der Waals surface area contributed by atoms with Gasteiger partial charge in [-0.25, -0.2) is 0 Å². The van der Waals surface area contributed by atoms with Gasteiger partial charge in [0.2, 0.25) is 5.82 Å². The molecule has 1 N–H and O–H groups in total. The van der Waals surface area contributed by atoms with E-state index in [0.717, 1.165) is 20.6 Å². The van der Waals surface area contributed by atoms with Gasteiger partial charge in [0.25, 0.3) is 5.91 Å². The highest BCUT2D eigenvalue weighted by Gasteiger charge is 2.19. The Labute approximate surface area is 158 Å². The molecule has 1 aromatic heterocycles. The van der Waals surface area contributed by atoms with Crippen LogP contribution in [-0.2, 0) is 4.79 Å². The first-order valence-electron chi connectivity index (χ1n) is 7.58. The van der Waals surface area contributed by atoms with Crippen LogP contribution in [0.2, 0.25) is 0 Å². The van der Waals surface area contributed by atoms with E-state index in [1.807, 2.05) is 54.8 Å². The lowest BCUT2D eigenvalue weighted by atomic mass is 10.2. The van der Waals surface area contributed by atoms with Gasteiger partial charge in [-0.2, -0.15) is 4.80 Å². The molecule has 0 aliphatic rings. The monoisotopic (exact) mass is 417 g/mol. The molecule has 0 saturated heterocycles. The lowest BCUT2D eigenvalue weighted by molar-refractivity contribution is -0.119. The van der Waals surface area contributed by atoms with E-state index in [1.54, 1.807) is 18.7 Å². The van der Waals surface area contributed by atoms with Crippen LogP contribution in [0.3, 0.4) is 0 Å². The number of rotatable bonds is 5. The normalized spacial score (nSPS) is 12.0. The van der Waals surface area contributed by atoms with E-state index in [0.29, 0.717) is 5.82 Å². The van der Waals surface area contributed by atoms with Gasteiger partial charge in [0.15, 0.2) is 0 Å². The van der Waals surface area contributed by atoms with E-state index in [4.69, 9.17) is 0 Å². The first-order chi connectivity index (χ1) is 12.1. The van der Waals surface area contributed by atoms with Crippen LogP contribution in [-0.4, -0.2) is 32.4 Å². The van der Waals surface area contributed by atoms with Crippen LogP contribution in [0.25, 0.3) is 11.4 Å². The number of aromatic nitrogens is 4. The summed E-state index contributed by atoms with van der Waals surface area (Å²) >= 11 is 4.97. The molecule has 0 aliphatic carbocycles. The molecule has 0 bridgehead atoms. The third-order valence-electron chi connectivity index (χ3n) is 3.62. The minimum atomic E-state index is -0.577. The highest BCUT2D eigenvalue weighted by Crippen LogP contribution is 2.25. The van der Waals surface area contributed by atoms with Crippen molar-refractivity contribution in [3.8, 4) is 11.4 Å². The second-order valence-electron chi connectivity index (χ2n) is 5.31. The van der Waals surface area contributed by atoms with Crippen LogP contribution in [0.1, 0.15) is 13.0 Å². The molecule has 8 heteroatoms. The Balaban J connectivity index is 1.75. The smallest absolute Gasteiger partial charge is 0.250 e. The molecule has 0 unspecified atom stereocenters. The molecule has 0 saturated carbocycles. The minimum Gasteiger partial charge on any atom is -0.323 e. The second kappa shape index (κ2) is 7.79. The fourth-order valence-corrected chi connectivity index (χ4v) is 3.01. The summed E-state index contributed by atoms with van der Waals surface area (Å²) in [6.07, 6.45) is 1.97. The fraction of sp³-hybridized carbons (Fsp3) is 0.176. The molecule has 1 heterocycles. The molecule has 1 atom stereocenters. The number of thioether (sulfide) groups is 1. The minimum absolute atomic E-state index is 0.193. The van der Waals surface area contributed by atoms with Crippen LogP contribution in [0.15, 0.2) is 57.9 Å². The quantitative estimate of drug-likeness (QED) is 0.634. The van der Waals surface area contributed by atoms with E-state index in [-0.39, 0.29) is 5.91 Å². The molecule has 6 nitrogen and oxygen atoms in total. The largest absolute Gasteiger partial charge is 0.323 e. The summed E-state index contributed by atoms with van der Waals surface area (Å²) in [7, 11) is 0. The number of benzene rings is 2. The first-order valence-corrected chi connectivity index (χ1v) is 9.59. The Morgan fingerprint density at radius 3 is 2.64 bits per heavy atom. The fourth-order valence-electron chi connectivity index (χ4n) is 2.19. The predicted octanol–water partition coefficient (Wildman–Crippen LogP) is 4.02. The number of hydrogen-bond acceptors (Lipinski definition) is 5. The Bertz CT molecular complexity index is 881. The molecule has 25 heavy (non-hydrogen) atoms. The third kappa shape index (κ3) is 4.08. The SMILES string of the molecule is CSc1ccccc1NC(=O)[C@H](C)n1nnc(-c2ccc(Br)cc2)n1. The third-order valence-corrected chi connectivity index (χ3v) is 4.95. The molecule has 0 fully saturated rings. The summed E-state index contributed by atoms with van der Waals surface area (Å²) in [5, 5.41) is 15.3. The van der Waals surface area contributed by atoms with Gasteiger partial charge >= 0.3 is 0 Å². The van der Waals surface area contributed by atoms with E-state index >= 15 is 0 Å². The zero-order valence-corrected chi connectivity index (χ0v) is 16.1. The van der Waals surface area contributed by atoms with Gasteiger partial charge in [-0.05, 0) is 54.8 Å². The number of carbonyl (C=O) groups excluding carboxylic acids is 1. The van der Waals surface area contributed by atoms with Crippen LogP contribution in [0.5, 0.6) is 0 Å². The zero-order valence-electron chi connectivity index (χ0n) is 13.7. The number of nitrogens with zero attached hydrogens (tertiary/aromatic N) is 4. The summed E-state index contributed by atoms with van der Waals surface area (Å²) < 4.78 is 0.976. The summed E-state index contributed by atoms with van der Waals surface area (Å²) in [5.41, 5.74) is 1.62. The van der Waals surface area contributed by atoms with Crippen molar-refractivity contribution in [1.29, 1.82) is 0 Å². The lowest BCUT2D eigenvalue weighted by Crippen LogP contribution is -2.25. The van der Waals surface area contributed by atoms with Crippen molar-refractivity contribution in [2.24, 2.45) is 0 Å². The molecule has 0 aliphatic heterocycles. The molecule has 1 amide bonds. The summed E-state index contributed by atoms with van der Waals surface area (Å²) in [6, 6.07) is 14.7. The van der Waals surface area contributed by atoms with Crippen molar-refractivity contribution < 1.29 is 4.79 Å². The number of anilines is 1. The average Bonchev–Trinajstić information content (AvgIpc) is 3.12. The van der Waals surface area contributed by atoms with Gasteiger partial charge in [0.1, 0.15) is 6.04 Å². The summed E-state index contributed by atoms with van der Waals surface area (Å²) in [5.74, 6) is 0.290. The Kier molecular flexibility index (Phi) is 5.50. The molecule has 0 radical (unpaired) electrons. The molecular weight excluding hydrogens is 402 g/mol. The standard InChI is InChI=1S/C17H16BrN5OS/c1-11(17(24)19-14-5-3-4-6-15(14)25-2)23-21-16(20-22-23)12-7-9-13(18)10-8-12/h3-11H,1-2H3,(H,19,24)/t11-/m0/s1. The van der Waals surface area contributed by atoms with E-state index in [9.17, 15) is 4.79 Å². The van der Waals surface area contributed by atoms with Gasteiger partial charge in [-0.15, -0.1) is 22.0 Å². The zero-order chi connectivity index (χ0) is 17.8. The second-order valence-corrected chi connectivity index (χ2v) is 7.07. The van der Waals surface area contributed by atoms with Gasteiger partial charge in [-0.3, -0.25) is 4.79 Å². The van der Waals surface area contributed by atoms with E-state index in [1.165, 1.54) is 4.80 Å². The maximum Gasteiger partial charge on any atom is 0.250 e. The summed E-state index contributed by atoms with van der Waals surface area (Å²) in [6.45, 7) is 1.74. The van der Waals surface area contributed by atoms with Crippen molar-refractivity contribution in [3.05, 3.63) is 53.0 Å². The van der Waals surface area contributed by atoms with Gasteiger partial charge in [0, 0.05) is 14.9 Å². The predicted molar refractivity (Wildman–Crippen MR) is 103 cm³/mol. The van der Waals surface area contributed by atoms with Crippen molar-refractivity contribution in [2.45, 2.75) is 17.9 Å². The van der Waals surface area contributed by atoms with Crippen molar-refractivity contribution in [2.75, 3.05) is 11.6 Å². The summed E-state index contributed by atoms with van der Waals surface area (Å²) in [4.78, 5) is 14.8. The number of hydrogen-bond donors (Lipinski definition) is 1. The van der Waals surface area contributed by atoms with Crippen molar-refractivity contribution in [3.63, 3.8) is 0 Å². The highest BCUT2D eigenvalue weighted by molar-refractivity contribution is 9.10. The number of para-hydroxylation sites is 1. The number of nitrogens with one attached hydrogen (secondary N) is 1. The molecule has 0 spiro atoms. The Morgan fingerprint density at radius 2 is 1.92 bits per heavy atom. The topological polar surface area (TPSA) is 72.7 Å². The molecule has 3 aromatic rings. The average molecular weight is 418 g/mol. The first kappa shape index (κ1) is 17.6. The van der Waals surface area contributed by atoms with Crippen LogP contribution in [0, 0.1) is 0 Å². The lowest BCUT2D eigenvalue weighted by Gasteiger charge is -2.13.